The summed E-state index contributed by atoms with van der Waals surface area (Å²) in [7, 11) is 0. The van der Waals surface area contributed by atoms with Crippen molar-refractivity contribution in [1.29, 1.82) is 0 Å². The Morgan fingerprint density at radius 2 is 1.85 bits per heavy atom. The van der Waals surface area contributed by atoms with E-state index in [2.05, 4.69) is 38.1 Å². The summed E-state index contributed by atoms with van der Waals surface area (Å²) in [6.07, 6.45) is 3.16. The number of benzene rings is 1. The first-order chi connectivity index (χ1) is 9.65. The molecule has 0 radical (unpaired) electrons. The van der Waals surface area contributed by atoms with E-state index in [4.69, 9.17) is 4.74 Å². The summed E-state index contributed by atoms with van der Waals surface area (Å²) in [6.45, 7) is 10.6. The summed E-state index contributed by atoms with van der Waals surface area (Å²) < 4.78 is 6.18. The number of carbonyl (C=O) groups excluding carboxylic acids is 1. The van der Waals surface area contributed by atoms with Gasteiger partial charge in [-0.05, 0) is 20.8 Å². The van der Waals surface area contributed by atoms with Gasteiger partial charge in [-0.2, -0.15) is 0 Å². The third-order valence-corrected chi connectivity index (χ3v) is 3.82. The lowest BCUT2D eigenvalue weighted by molar-refractivity contribution is -0.937. The van der Waals surface area contributed by atoms with Crippen LogP contribution in [0.2, 0.25) is 0 Å². The molecule has 0 saturated carbocycles. The van der Waals surface area contributed by atoms with Gasteiger partial charge in [-0.3, -0.25) is 0 Å². The van der Waals surface area contributed by atoms with Crippen LogP contribution >= 0.6 is 0 Å². The normalized spacial score (nSPS) is 11.8. The largest absolute Gasteiger partial charge is 0.457 e. The number of rotatable bonds is 8. The monoisotopic (exact) mass is 276 g/mol. The summed E-state index contributed by atoms with van der Waals surface area (Å²) in [5.41, 5.74) is 1.33. The molecule has 0 aliphatic heterocycles. The predicted octanol–water partition coefficient (Wildman–Crippen LogP) is 3.16. The lowest BCUT2D eigenvalue weighted by Gasteiger charge is -2.36. The first-order valence-corrected chi connectivity index (χ1v) is 7.34. The highest BCUT2D eigenvalue weighted by molar-refractivity contribution is 5.81. The van der Waals surface area contributed by atoms with Crippen molar-refractivity contribution in [3.05, 3.63) is 48.0 Å². The van der Waals surface area contributed by atoms with Gasteiger partial charge in [0, 0.05) is 11.6 Å². The van der Waals surface area contributed by atoms with E-state index in [-0.39, 0.29) is 5.97 Å². The highest BCUT2D eigenvalue weighted by Crippen LogP contribution is 2.14. The van der Waals surface area contributed by atoms with Gasteiger partial charge in [0.1, 0.15) is 19.7 Å². The van der Waals surface area contributed by atoms with Crippen molar-refractivity contribution in [2.45, 2.75) is 27.3 Å². The molecule has 0 aliphatic carbocycles. The van der Waals surface area contributed by atoms with Gasteiger partial charge >= 0.3 is 5.97 Å². The standard InChI is InChI=1S/C17H26NO2/c1-4-10-17(19)20-14-13-18(5-2,6-3)15-16-11-8-7-9-12-16/h4,7-12H,5-6,13-15H2,1-3H3/q+1. The van der Waals surface area contributed by atoms with Gasteiger partial charge in [0.05, 0.1) is 13.1 Å². The fraction of sp³-hybridized carbons (Fsp3) is 0.471. The molecule has 0 bridgehead atoms. The Morgan fingerprint density at radius 3 is 2.40 bits per heavy atom. The lowest BCUT2D eigenvalue weighted by Crippen LogP contribution is -2.49. The first kappa shape index (κ1) is 16.4. The number of ether oxygens (including phenoxy) is 1. The number of hydrogen-bond acceptors (Lipinski definition) is 2. The van der Waals surface area contributed by atoms with Crippen LogP contribution in [0.4, 0.5) is 0 Å². The maximum atomic E-state index is 11.3. The zero-order valence-corrected chi connectivity index (χ0v) is 12.8. The van der Waals surface area contributed by atoms with E-state index < -0.39 is 0 Å². The van der Waals surface area contributed by atoms with Crippen molar-refractivity contribution in [3.8, 4) is 0 Å². The molecule has 1 aromatic rings. The Morgan fingerprint density at radius 1 is 1.20 bits per heavy atom. The number of esters is 1. The average Bonchev–Trinajstić information content (AvgIpc) is 2.47. The Bertz CT molecular complexity index is 422. The third kappa shape index (κ3) is 5.17. The molecule has 0 heterocycles. The van der Waals surface area contributed by atoms with E-state index >= 15 is 0 Å². The van der Waals surface area contributed by atoms with Crippen LogP contribution in [0, 0.1) is 0 Å². The number of nitrogens with zero attached hydrogens (tertiary/aromatic N) is 1. The molecule has 1 aromatic carbocycles. The molecule has 110 valence electrons. The van der Waals surface area contributed by atoms with Crippen LogP contribution in [0.1, 0.15) is 26.3 Å². The highest BCUT2D eigenvalue weighted by Gasteiger charge is 2.23. The molecule has 1 rings (SSSR count). The van der Waals surface area contributed by atoms with E-state index in [1.54, 1.807) is 6.08 Å². The van der Waals surface area contributed by atoms with E-state index in [1.807, 2.05) is 13.0 Å². The molecule has 0 aromatic heterocycles. The van der Waals surface area contributed by atoms with Crippen molar-refractivity contribution in [2.75, 3.05) is 26.2 Å². The topological polar surface area (TPSA) is 26.3 Å². The lowest BCUT2D eigenvalue weighted by atomic mass is 10.2. The minimum absolute atomic E-state index is 0.252. The number of carbonyl (C=O) groups is 1. The van der Waals surface area contributed by atoms with Crippen LogP contribution in [0.3, 0.4) is 0 Å². The minimum Gasteiger partial charge on any atom is -0.457 e. The second kappa shape index (κ2) is 8.54. The van der Waals surface area contributed by atoms with Gasteiger partial charge in [0.25, 0.3) is 0 Å². The summed E-state index contributed by atoms with van der Waals surface area (Å²) in [5, 5.41) is 0. The van der Waals surface area contributed by atoms with Gasteiger partial charge in [0.2, 0.25) is 0 Å². The van der Waals surface area contributed by atoms with Crippen molar-refractivity contribution < 1.29 is 14.0 Å². The van der Waals surface area contributed by atoms with Crippen molar-refractivity contribution >= 4 is 5.97 Å². The van der Waals surface area contributed by atoms with Crippen LogP contribution in [-0.2, 0) is 16.1 Å². The second-order valence-electron chi connectivity index (χ2n) is 5.01. The maximum absolute atomic E-state index is 11.3. The van der Waals surface area contributed by atoms with E-state index in [9.17, 15) is 4.79 Å². The van der Waals surface area contributed by atoms with E-state index in [1.165, 1.54) is 11.6 Å². The molecule has 0 unspecified atom stereocenters. The molecule has 0 saturated heterocycles. The maximum Gasteiger partial charge on any atom is 0.330 e. The average molecular weight is 276 g/mol. The predicted molar refractivity (Wildman–Crippen MR) is 82.1 cm³/mol. The molecular weight excluding hydrogens is 250 g/mol. The SMILES string of the molecule is CC=CC(=O)OCC[N+](CC)(CC)Cc1ccccc1. The minimum atomic E-state index is -0.252. The molecule has 20 heavy (non-hydrogen) atoms. The van der Waals surface area contributed by atoms with Crippen molar-refractivity contribution in [2.24, 2.45) is 0 Å². The number of hydrogen-bond donors (Lipinski definition) is 0. The van der Waals surface area contributed by atoms with E-state index in [0.717, 1.165) is 30.7 Å². The molecule has 0 amide bonds. The fourth-order valence-electron chi connectivity index (χ4n) is 2.34. The molecule has 0 fully saturated rings. The Labute approximate surface area is 122 Å². The summed E-state index contributed by atoms with van der Waals surface area (Å²) in [5.74, 6) is -0.252. The molecule has 0 spiro atoms. The molecule has 3 nitrogen and oxygen atoms in total. The van der Waals surface area contributed by atoms with Gasteiger partial charge in [-0.25, -0.2) is 4.79 Å². The zero-order valence-electron chi connectivity index (χ0n) is 12.8. The Balaban J connectivity index is 2.60. The highest BCUT2D eigenvalue weighted by atomic mass is 16.5. The number of allylic oxidation sites excluding steroid dienone is 1. The molecule has 0 N–H and O–H groups in total. The van der Waals surface area contributed by atoms with Crippen LogP contribution < -0.4 is 0 Å². The molecule has 0 atom stereocenters. The van der Waals surface area contributed by atoms with Crippen molar-refractivity contribution in [3.63, 3.8) is 0 Å². The summed E-state index contributed by atoms with van der Waals surface area (Å²) in [6, 6.07) is 10.5. The van der Waals surface area contributed by atoms with Crippen LogP contribution in [0.25, 0.3) is 0 Å². The third-order valence-electron chi connectivity index (χ3n) is 3.82. The van der Waals surface area contributed by atoms with Crippen LogP contribution in [-0.4, -0.2) is 36.7 Å². The van der Waals surface area contributed by atoms with Gasteiger partial charge < -0.3 is 9.22 Å². The second-order valence-corrected chi connectivity index (χ2v) is 5.01. The summed E-state index contributed by atoms with van der Waals surface area (Å²) >= 11 is 0. The summed E-state index contributed by atoms with van der Waals surface area (Å²) in [4.78, 5) is 11.3. The van der Waals surface area contributed by atoms with Crippen molar-refractivity contribution in [1.82, 2.24) is 0 Å². The van der Waals surface area contributed by atoms with Gasteiger partial charge in [-0.15, -0.1) is 0 Å². The zero-order chi connectivity index (χ0) is 14.8. The fourth-order valence-corrected chi connectivity index (χ4v) is 2.34. The molecular formula is C17H26NO2+. The Kier molecular flexibility index (Phi) is 7.02. The van der Waals surface area contributed by atoms with E-state index in [0.29, 0.717) is 6.61 Å². The molecule has 0 aliphatic rings. The number of likely N-dealkylation sites (N-methyl/N-ethyl adjacent to an activating group) is 1. The first-order valence-electron chi connectivity index (χ1n) is 7.34. The molecule has 3 heteroatoms. The van der Waals surface area contributed by atoms with Crippen LogP contribution in [0.5, 0.6) is 0 Å². The van der Waals surface area contributed by atoms with Gasteiger partial charge in [-0.1, -0.05) is 36.4 Å². The Hall–Kier alpha value is -1.61. The quantitative estimate of drug-likeness (QED) is 0.414. The van der Waals surface area contributed by atoms with Crippen LogP contribution in [0.15, 0.2) is 42.5 Å². The van der Waals surface area contributed by atoms with Gasteiger partial charge in [0.15, 0.2) is 0 Å². The number of quaternary nitrogens is 1. The smallest absolute Gasteiger partial charge is 0.330 e.